The molecule has 27 heavy (non-hydrogen) atoms. The summed E-state index contributed by atoms with van der Waals surface area (Å²) >= 11 is 0. The second-order valence-corrected chi connectivity index (χ2v) is 6.22. The topological polar surface area (TPSA) is 92.9 Å². The molecule has 1 fully saturated rings. The smallest absolute Gasteiger partial charge is 0.338 e. The van der Waals surface area contributed by atoms with Crippen molar-refractivity contribution < 1.29 is 19.1 Å². The predicted molar refractivity (Wildman–Crippen MR) is 100 cm³/mol. The predicted octanol–water partition coefficient (Wildman–Crippen LogP) is 1.29. The maximum atomic E-state index is 12.3. The van der Waals surface area contributed by atoms with Gasteiger partial charge in [0.1, 0.15) is 0 Å². The fraction of sp³-hybridized carbons (Fsp3) is 0.250. The summed E-state index contributed by atoms with van der Waals surface area (Å²) in [5.74, 6) is -1.40. The molecule has 0 unspecified atom stereocenters. The summed E-state index contributed by atoms with van der Waals surface area (Å²) in [6.45, 7) is 2.33. The maximum Gasteiger partial charge on any atom is 0.338 e. The first-order valence-electron chi connectivity index (χ1n) is 8.69. The van der Waals surface area contributed by atoms with Crippen molar-refractivity contribution in [1.29, 1.82) is 0 Å². The number of primary amides is 1. The average Bonchev–Trinajstić information content (AvgIpc) is 2.72. The Labute approximate surface area is 157 Å². The van der Waals surface area contributed by atoms with Gasteiger partial charge in [0.05, 0.1) is 5.56 Å². The number of amides is 2. The van der Waals surface area contributed by atoms with Crippen LogP contribution < -0.4 is 10.6 Å². The number of hydrogen-bond donors (Lipinski definition) is 1. The van der Waals surface area contributed by atoms with Gasteiger partial charge >= 0.3 is 5.97 Å². The van der Waals surface area contributed by atoms with Gasteiger partial charge in [0.15, 0.2) is 6.61 Å². The molecule has 2 aromatic carbocycles. The number of nitrogens with two attached hydrogens (primary N) is 1. The number of hydrogen-bond acceptors (Lipinski definition) is 5. The highest BCUT2D eigenvalue weighted by molar-refractivity contribution is 5.95. The van der Waals surface area contributed by atoms with E-state index in [9.17, 15) is 14.4 Å². The van der Waals surface area contributed by atoms with Gasteiger partial charge < -0.3 is 20.3 Å². The van der Waals surface area contributed by atoms with Crippen molar-refractivity contribution in [3.63, 3.8) is 0 Å². The van der Waals surface area contributed by atoms with E-state index in [1.165, 1.54) is 24.3 Å². The number of piperazine rings is 1. The lowest BCUT2D eigenvalue weighted by molar-refractivity contribution is -0.134. The van der Waals surface area contributed by atoms with Crippen LogP contribution in [0.4, 0.5) is 5.69 Å². The molecule has 0 atom stereocenters. The highest BCUT2D eigenvalue weighted by Gasteiger charge is 2.22. The molecule has 0 spiro atoms. The molecule has 1 heterocycles. The zero-order valence-corrected chi connectivity index (χ0v) is 14.8. The summed E-state index contributed by atoms with van der Waals surface area (Å²) in [4.78, 5) is 39.3. The minimum absolute atomic E-state index is 0.218. The number of ether oxygens (including phenoxy) is 1. The molecule has 2 amide bonds. The molecule has 0 aromatic heterocycles. The van der Waals surface area contributed by atoms with Gasteiger partial charge in [0.25, 0.3) is 5.91 Å². The third-order valence-electron chi connectivity index (χ3n) is 4.49. The van der Waals surface area contributed by atoms with Gasteiger partial charge in [0.2, 0.25) is 5.91 Å². The maximum absolute atomic E-state index is 12.3. The summed E-state index contributed by atoms with van der Waals surface area (Å²) < 4.78 is 5.09. The second kappa shape index (κ2) is 8.35. The monoisotopic (exact) mass is 367 g/mol. The van der Waals surface area contributed by atoms with Crippen molar-refractivity contribution in [3.8, 4) is 0 Å². The van der Waals surface area contributed by atoms with Crippen LogP contribution in [0.1, 0.15) is 20.7 Å². The van der Waals surface area contributed by atoms with E-state index >= 15 is 0 Å². The van der Waals surface area contributed by atoms with E-state index in [-0.39, 0.29) is 18.1 Å². The van der Waals surface area contributed by atoms with Crippen LogP contribution in [0.25, 0.3) is 0 Å². The highest BCUT2D eigenvalue weighted by atomic mass is 16.5. The SMILES string of the molecule is NC(=O)c1ccc(C(=O)OCC(=O)N2CCN(c3ccccc3)CC2)cc1. The first kappa shape index (κ1) is 18.4. The summed E-state index contributed by atoms with van der Waals surface area (Å²) in [7, 11) is 0. The van der Waals surface area contributed by atoms with Crippen molar-refractivity contribution in [2.24, 2.45) is 5.73 Å². The number of rotatable bonds is 5. The lowest BCUT2D eigenvalue weighted by atomic mass is 10.1. The van der Waals surface area contributed by atoms with E-state index < -0.39 is 11.9 Å². The quantitative estimate of drug-likeness (QED) is 0.804. The second-order valence-electron chi connectivity index (χ2n) is 6.22. The molecule has 0 saturated carbocycles. The third kappa shape index (κ3) is 4.63. The van der Waals surface area contributed by atoms with Gasteiger partial charge in [-0.2, -0.15) is 0 Å². The van der Waals surface area contributed by atoms with Gasteiger partial charge in [-0.3, -0.25) is 9.59 Å². The molecule has 2 N–H and O–H groups in total. The molecule has 0 aliphatic carbocycles. The Bertz CT molecular complexity index is 813. The van der Waals surface area contributed by atoms with Crippen LogP contribution in [0.2, 0.25) is 0 Å². The van der Waals surface area contributed by atoms with Gasteiger partial charge in [-0.15, -0.1) is 0 Å². The molecule has 0 bridgehead atoms. The van der Waals surface area contributed by atoms with Crippen LogP contribution in [-0.2, 0) is 9.53 Å². The summed E-state index contributed by atoms with van der Waals surface area (Å²) in [6, 6.07) is 15.8. The average molecular weight is 367 g/mol. The molecule has 3 rings (SSSR count). The van der Waals surface area contributed by atoms with E-state index in [0.29, 0.717) is 18.7 Å². The fourth-order valence-electron chi connectivity index (χ4n) is 2.93. The third-order valence-corrected chi connectivity index (χ3v) is 4.49. The Kier molecular flexibility index (Phi) is 5.71. The number of para-hydroxylation sites is 1. The Morgan fingerprint density at radius 3 is 2.04 bits per heavy atom. The minimum atomic E-state index is -0.609. The molecule has 1 aliphatic heterocycles. The van der Waals surface area contributed by atoms with E-state index in [0.717, 1.165) is 18.8 Å². The summed E-state index contributed by atoms with van der Waals surface area (Å²) in [5, 5.41) is 0. The number of esters is 1. The van der Waals surface area contributed by atoms with Crippen LogP contribution >= 0.6 is 0 Å². The number of carbonyl (C=O) groups is 3. The molecule has 7 heteroatoms. The Balaban J connectivity index is 1.47. The summed E-state index contributed by atoms with van der Waals surface area (Å²) in [6.07, 6.45) is 0. The van der Waals surface area contributed by atoms with Gasteiger partial charge in [-0.05, 0) is 36.4 Å². The molecular weight excluding hydrogens is 346 g/mol. The minimum Gasteiger partial charge on any atom is -0.452 e. The van der Waals surface area contributed by atoms with Crippen LogP contribution in [0.5, 0.6) is 0 Å². The van der Waals surface area contributed by atoms with Crippen LogP contribution in [-0.4, -0.2) is 55.5 Å². The lowest BCUT2D eigenvalue weighted by Crippen LogP contribution is -2.49. The molecule has 1 saturated heterocycles. The number of nitrogens with zero attached hydrogens (tertiary/aromatic N) is 2. The van der Waals surface area contributed by atoms with Gasteiger partial charge in [0, 0.05) is 37.4 Å². The van der Waals surface area contributed by atoms with Crippen LogP contribution in [0, 0.1) is 0 Å². The standard InChI is InChI=1S/C20H21N3O4/c21-19(25)15-6-8-16(9-7-15)20(26)27-14-18(24)23-12-10-22(11-13-23)17-4-2-1-3-5-17/h1-9H,10-14H2,(H2,21,25). The van der Waals surface area contributed by atoms with E-state index in [1.807, 2.05) is 30.3 Å². The van der Waals surface area contributed by atoms with Crippen molar-refractivity contribution >= 4 is 23.5 Å². The highest BCUT2D eigenvalue weighted by Crippen LogP contribution is 2.15. The Morgan fingerprint density at radius 1 is 0.852 bits per heavy atom. The van der Waals surface area contributed by atoms with Crippen molar-refractivity contribution in [1.82, 2.24) is 4.90 Å². The first-order valence-corrected chi connectivity index (χ1v) is 8.69. The normalized spacial score (nSPS) is 13.9. The van der Waals surface area contributed by atoms with Crippen LogP contribution in [0.15, 0.2) is 54.6 Å². The van der Waals surface area contributed by atoms with Crippen LogP contribution in [0.3, 0.4) is 0 Å². The van der Waals surface area contributed by atoms with Crippen molar-refractivity contribution in [2.75, 3.05) is 37.7 Å². The fourth-order valence-corrected chi connectivity index (χ4v) is 2.93. The van der Waals surface area contributed by atoms with Gasteiger partial charge in [-0.1, -0.05) is 18.2 Å². The molecule has 7 nitrogen and oxygen atoms in total. The van der Waals surface area contributed by atoms with E-state index in [2.05, 4.69) is 4.90 Å². The number of carbonyl (C=O) groups excluding carboxylic acids is 3. The molecular formula is C20H21N3O4. The molecule has 2 aromatic rings. The number of benzene rings is 2. The Hall–Kier alpha value is -3.35. The van der Waals surface area contributed by atoms with Crippen molar-refractivity contribution in [3.05, 3.63) is 65.7 Å². The lowest BCUT2D eigenvalue weighted by Gasteiger charge is -2.36. The van der Waals surface area contributed by atoms with Crippen molar-refractivity contribution in [2.45, 2.75) is 0 Å². The molecule has 1 aliphatic rings. The van der Waals surface area contributed by atoms with E-state index in [4.69, 9.17) is 10.5 Å². The van der Waals surface area contributed by atoms with E-state index in [1.54, 1.807) is 4.90 Å². The largest absolute Gasteiger partial charge is 0.452 e. The number of anilines is 1. The molecule has 0 radical (unpaired) electrons. The summed E-state index contributed by atoms with van der Waals surface area (Å²) in [5.41, 5.74) is 6.86. The first-order chi connectivity index (χ1) is 13.0. The van der Waals surface area contributed by atoms with Gasteiger partial charge in [-0.25, -0.2) is 4.79 Å². The molecule has 140 valence electrons. The zero-order valence-electron chi connectivity index (χ0n) is 14.8. The zero-order chi connectivity index (χ0) is 19.2. The Morgan fingerprint density at radius 2 is 1.44 bits per heavy atom.